The van der Waals surface area contributed by atoms with E-state index in [0.717, 1.165) is 19.3 Å². The van der Waals surface area contributed by atoms with Crippen LogP contribution in [0.4, 0.5) is 0 Å². The standard InChI is InChI=1S/C22H42N2O6S.Na/c1-2-3-4-5-6-7-8-9-10-11-12-13-21(27)22-23(16-17-25)14-15-24(22)18-20(26)19-31(28,29)30;/h20,25-26H,2-19H2,1H3;/q;+1. The average molecular weight is 486 g/mol. The molecule has 2 N–H and O–H groups in total. The van der Waals surface area contributed by atoms with E-state index < -0.39 is 22.0 Å². The van der Waals surface area contributed by atoms with Crippen LogP contribution in [0.2, 0.25) is 0 Å². The number of nitrogens with zero attached hydrogens (tertiary/aromatic N) is 2. The van der Waals surface area contributed by atoms with Gasteiger partial charge in [0.2, 0.25) is 5.78 Å². The molecule has 0 spiro atoms. The first-order valence-corrected chi connectivity index (χ1v) is 13.5. The molecule has 1 unspecified atom stereocenters. The van der Waals surface area contributed by atoms with Crippen molar-refractivity contribution in [2.75, 3.05) is 38.5 Å². The van der Waals surface area contributed by atoms with E-state index in [1.54, 1.807) is 9.48 Å². The smallest absolute Gasteiger partial charge is 0.748 e. The maximum Gasteiger partial charge on any atom is 1.00 e. The molecule has 0 saturated heterocycles. The van der Waals surface area contributed by atoms with Crippen molar-refractivity contribution in [1.82, 2.24) is 4.90 Å². The fourth-order valence-electron chi connectivity index (χ4n) is 4.13. The zero-order valence-corrected chi connectivity index (χ0v) is 23.0. The summed E-state index contributed by atoms with van der Waals surface area (Å²) in [6, 6.07) is 0. The van der Waals surface area contributed by atoms with Gasteiger partial charge in [-0.25, -0.2) is 8.42 Å². The van der Waals surface area contributed by atoms with Crippen LogP contribution >= 0.6 is 0 Å². The van der Waals surface area contributed by atoms with Crippen LogP contribution in [0.15, 0.2) is 0 Å². The fraction of sp³-hybridized carbons (Fsp3) is 0.909. The van der Waals surface area contributed by atoms with Crippen molar-refractivity contribution in [3.05, 3.63) is 0 Å². The minimum absolute atomic E-state index is 0. The Morgan fingerprint density at radius 2 is 1.59 bits per heavy atom. The summed E-state index contributed by atoms with van der Waals surface area (Å²) in [5, 5.41) is 19.2. The van der Waals surface area contributed by atoms with E-state index in [1.165, 1.54) is 51.4 Å². The van der Waals surface area contributed by atoms with E-state index >= 15 is 0 Å². The maximum absolute atomic E-state index is 12.8. The number of hydrogen-bond acceptors (Lipinski definition) is 7. The second-order valence-electron chi connectivity index (χ2n) is 8.57. The Hall–Kier alpha value is -0.0300. The van der Waals surface area contributed by atoms with Crippen molar-refractivity contribution in [3.8, 4) is 0 Å². The van der Waals surface area contributed by atoms with Gasteiger partial charge in [-0.15, -0.1) is 0 Å². The van der Waals surface area contributed by atoms with Gasteiger partial charge in [0.15, 0.2) is 0 Å². The molecule has 0 radical (unpaired) electrons. The first kappa shape index (κ1) is 32.0. The Morgan fingerprint density at radius 1 is 1.06 bits per heavy atom. The second kappa shape index (κ2) is 18.3. The third-order valence-electron chi connectivity index (χ3n) is 5.69. The molecule has 32 heavy (non-hydrogen) atoms. The molecule has 0 saturated carbocycles. The summed E-state index contributed by atoms with van der Waals surface area (Å²) in [6.45, 7) is 3.34. The monoisotopic (exact) mass is 485 g/mol. The summed E-state index contributed by atoms with van der Waals surface area (Å²) in [6.07, 6.45) is 12.2. The van der Waals surface area contributed by atoms with Crippen molar-refractivity contribution in [3.63, 3.8) is 0 Å². The van der Waals surface area contributed by atoms with Crippen molar-refractivity contribution in [1.29, 1.82) is 0 Å². The predicted octanol–water partition coefficient (Wildman–Crippen LogP) is -1.11. The Kier molecular flexibility index (Phi) is 18.3. The summed E-state index contributed by atoms with van der Waals surface area (Å²) in [4.78, 5) is 14.6. The number of aliphatic hydroxyl groups excluding tert-OH is 2. The van der Waals surface area contributed by atoms with E-state index in [4.69, 9.17) is 0 Å². The molecule has 1 aliphatic heterocycles. The Morgan fingerprint density at radius 3 is 2.09 bits per heavy atom. The van der Waals surface area contributed by atoms with Gasteiger partial charge in [0.1, 0.15) is 32.3 Å². The van der Waals surface area contributed by atoms with E-state index in [2.05, 4.69) is 6.92 Å². The summed E-state index contributed by atoms with van der Waals surface area (Å²) >= 11 is 0. The van der Waals surface area contributed by atoms with Gasteiger partial charge in [-0.3, -0.25) is 14.3 Å². The number of aliphatic hydroxyl groups is 2. The minimum atomic E-state index is -4.53. The molecule has 1 rings (SSSR count). The molecule has 1 atom stereocenters. The fourth-order valence-corrected chi connectivity index (χ4v) is 4.70. The van der Waals surface area contributed by atoms with E-state index in [-0.39, 0.29) is 48.5 Å². The minimum Gasteiger partial charge on any atom is -0.748 e. The molecular weight excluding hydrogens is 443 g/mol. The van der Waals surface area contributed by atoms with Crippen molar-refractivity contribution in [2.45, 2.75) is 90.1 Å². The molecule has 8 nitrogen and oxygen atoms in total. The van der Waals surface area contributed by atoms with Gasteiger partial charge in [-0.2, -0.15) is 0 Å². The van der Waals surface area contributed by atoms with Crippen molar-refractivity contribution in [2.24, 2.45) is 0 Å². The number of β-amino-alcohol motifs (C(OH)–C–C–N with tert-alkyl or cyclic N) is 2. The quantitative estimate of drug-likeness (QED) is 0.103. The van der Waals surface area contributed by atoms with E-state index in [9.17, 15) is 28.0 Å². The zero-order valence-electron chi connectivity index (χ0n) is 20.1. The molecule has 0 aromatic carbocycles. The average Bonchev–Trinajstić information content (AvgIpc) is 3.06. The van der Waals surface area contributed by atoms with Crippen LogP contribution in [0.25, 0.3) is 0 Å². The molecule has 0 amide bonds. The number of carbonyl (C=O) groups excluding carboxylic acids is 1. The van der Waals surface area contributed by atoms with Crippen molar-refractivity contribution < 1.29 is 62.1 Å². The number of ketones is 1. The van der Waals surface area contributed by atoms with Gasteiger partial charge in [0, 0.05) is 6.42 Å². The van der Waals surface area contributed by atoms with E-state index in [1.807, 2.05) is 0 Å². The number of Topliss-reactive ketones (excluding diaryl/α,β-unsaturated/α-hetero) is 1. The Bertz CT molecular complexity index is 657. The molecular formula is C22H42N2NaO6S+. The Labute approximate surface area is 216 Å². The SMILES string of the molecule is CCCCCCCCCCCCCC(=O)C1=[N+](CC(O)CS(=O)(=O)[O-])CCN1CCO.[Na+]. The number of unbranched alkanes of at least 4 members (excludes halogenated alkanes) is 10. The summed E-state index contributed by atoms with van der Waals surface area (Å²) in [7, 11) is -4.53. The van der Waals surface area contributed by atoms with Crippen LogP contribution in [0.1, 0.15) is 84.0 Å². The summed E-state index contributed by atoms with van der Waals surface area (Å²) < 4.78 is 34.3. The van der Waals surface area contributed by atoms with Crippen LogP contribution < -0.4 is 29.6 Å². The van der Waals surface area contributed by atoms with Crippen molar-refractivity contribution >= 4 is 21.7 Å². The molecule has 1 heterocycles. The molecule has 10 heteroatoms. The summed E-state index contributed by atoms with van der Waals surface area (Å²) in [5.74, 6) is -0.508. The maximum atomic E-state index is 12.8. The first-order chi connectivity index (χ1) is 14.8. The normalized spacial score (nSPS) is 15.2. The largest absolute Gasteiger partial charge is 1.00 e. The second-order valence-corrected chi connectivity index (χ2v) is 10.0. The van der Waals surface area contributed by atoms with Gasteiger partial charge < -0.3 is 14.8 Å². The molecule has 0 aromatic rings. The Balaban J connectivity index is 0.00000961. The molecule has 0 fully saturated rings. The molecule has 0 aliphatic carbocycles. The van der Waals surface area contributed by atoms with Gasteiger partial charge in [0.05, 0.1) is 22.5 Å². The van der Waals surface area contributed by atoms with Crippen LogP contribution in [0, 0.1) is 0 Å². The predicted molar refractivity (Wildman–Crippen MR) is 120 cm³/mol. The first-order valence-electron chi connectivity index (χ1n) is 11.9. The molecule has 0 bridgehead atoms. The topological polar surface area (TPSA) is 121 Å². The van der Waals surface area contributed by atoms with Gasteiger partial charge in [-0.05, 0) is 6.42 Å². The number of amidine groups is 1. The number of carbonyl (C=O) groups is 1. The molecule has 182 valence electrons. The number of hydrogen-bond donors (Lipinski definition) is 2. The van der Waals surface area contributed by atoms with Crippen LogP contribution in [-0.4, -0.2) is 88.9 Å². The van der Waals surface area contributed by atoms with Crippen LogP contribution in [0.3, 0.4) is 0 Å². The van der Waals surface area contributed by atoms with Crippen LogP contribution in [0.5, 0.6) is 0 Å². The molecule has 1 aliphatic rings. The zero-order chi connectivity index (χ0) is 23.1. The van der Waals surface area contributed by atoms with E-state index in [0.29, 0.717) is 31.9 Å². The summed E-state index contributed by atoms with van der Waals surface area (Å²) in [5.41, 5.74) is 0. The number of rotatable bonds is 19. The molecule has 0 aromatic heterocycles. The van der Waals surface area contributed by atoms with Gasteiger partial charge in [-0.1, -0.05) is 71.1 Å². The third kappa shape index (κ3) is 14.3. The van der Waals surface area contributed by atoms with Crippen LogP contribution in [-0.2, 0) is 14.9 Å². The van der Waals surface area contributed by atoms with Gasteiger partial charge >= 0.3 is 35.4 Å². The van der Waals surface area contributed by atoms with Gasteiger partial charge in [0.25, 0.3) is 0 Å². The third-order valence-corrected chi connectivity index (χ3v) is 6.49.